The molecule has 2 amide bonds. The summed E-state index contributed by atoms with van der Waals surface area (Å²) in [6.45, 7) is 0. The van der Waals surface area contributed by atoms with Crippen LogP contribution in [0.15, 0.2) is 52.5 Å². The molecule has 1 aromatic carbocycles. The number of amides is 2. The van der Waals surface area contributed by atoms with Crippen LogP contribution in [-0.4, -0.2) is 40.8 Å². The van der Waals surface area contributed by atoms with Gasteiger partial charge in [-0.05, 0) is 30.4 Å². The molecule has 0 radical (unpaired) electrons. The van der Waals surface area contributed by atoms with Gasteiger partial charge in [0.1, 0.15) is 17.1 Å². The highest BCUT2D eigenvalue weighted by molar-refractivity contribution is 7.80. The van der Waals surface area contributed by atoms with E-state index in [2.05, 4.69) is 0 Å². The minimum absolute atomic E-state index is 0.0255. The first-order valence-corrected chi connectivity index (χ1v) is 7.37. The predicted molar refractivity (Wildman–Crippen MR) is 90.3 cm³/mol. The molecule has 0 atom stereocenters. The summed E-state index contributed by atoms with van der Waals surface area (Å²) >= 11 is 5.05. The molecule has 2 heterocycles. The maximum Gasteiger partial charge on any atom is 0.265 e. The third-order valence-electron chi connectivity index (χ3n) is 3.62. The molecule has 5 nitrogen and oxygen atoms in total. The maximum absolute atomic E-state index is 12.3. The number of hydrogen-bond acceptors (Lipinski definition) is 4. The number of benzene rings is 1. The second-order valence-electron chi connectivity index (χ2n) is 5.14. The van der Waals surface area contributed by atoms with Crippen molar-refractivity contribution in [1.29, 1.82) is 0 Å². The highest BCUT2D eigenvalue weighted by Crippen LogP contribution is 2.24. The molecule has 1 saturated heterocycles. The van der Waals surface area contributed by atoms with E-state index in [1.807, 2.05) is 30.3 Å². The van der Waals surface area contributed by atoms with Crippen molar-refractivity contribution in [3.8, 4) is 11.3 Å². The third-order valence-corrected chi connectivity index (χ3v) is 4.16. The summed E-state index contributed by atoms with van der Waals surface area (Å²) in [5, 5.41) is 0.182. The Kier molecular flexibility index (Phi) is 3.83. The van der Waals surface area contributed by atoms with Gasteiger partial charge in [-0.25, -0.2) is 0 Å². The van der Waals surface area contributed by atoms with Gasteiger partial charge in [-0.1, -0.05) is 30.3 Å². The van der Waals surface area contributed by atoms with Crippen molar-refractivity contribution in [2.24, 2.45) is 0 Å². The molecule has 0 aliphatic carbocycles. The molecular weight excluding hydrogens is 312 g/mol. The van der Waals surface area contributed by atoms with E-state index in [1.165, 1.54) is 15.9 Å². The zero-order valence-electron chi connectivity index (χ0n) is 12.6. The second-order valence-corrected chi connectivity index (χ2v) is 5.50. The van der Waals surface area contributed by atoms with Crippen molar-refractivity contribution >= 4 is 35.2 Å². The number of carbonyl (C=O) groups excluding carboxylic acids is 2. The summed E-state index contributed by atoms with van der Waals surface area (Å²) in [7, 11) is 3.08. The van der Waals surface area contributed by atoms with Crippen LogP contribution < -0.4 is 0 Å². The van der Waals surface area contributed by atoms with Gasteiger partial charge in [0, 0.05) is 19.7 Å². The fourth-order valence-electron chi connectivity index (χ4n) is 2.31. The molecule has 23 heavy (non-hydrogen) atoms. The average molecular weight is 326 g/mol. The van der Waals surface area contributed by atoms with Crippen LogP contribution in [0.3, 0.4) is 0 Å². The largest absolute Gasteiger partial charge is 0.457 e. The molecule has 116 valence electrons. The van der Waals surface area contributed by atoms with Crippen LogP contribution in [0.2, 0.25) is 0 Å². The van der Waals surface area contributed by atoms with Crippen molar-refractivity contribution in [3.63, 3.8) is 0 Å². The maximum atomic E-state index is 12.3. The van der Waals surface area contributed by atoms with E-state index < -0.39 is 11.8 Å². The van der Waals surface area contributed by atoms with E-state index in [4.69, 9.17) is 16.6 Å². The van der Waals surface area contributed by atoms with Crippen molar-refractivity contribution in [3.05, 3.63) is 53.8 Å². The Morgan fingerprint density at radius 2 is 1.57 bits per heavy atom. The summed E-state index contributed by atoms with van der Waals surface area (Å²) in [6.07, 6.45) is 1.45. The first kappa shape index (κ1) is 15.2. The molecule has 0 unspecified atom stereocenters. The standard InChI is InChI=1S/C17H14N2O3S/c1-18-15(20)13(16(21)19(2)17(18)23)10-12-8-9-14(22-12)11-6-4-3-5-7-11/h3-10H,1-2H3. The fraction of sp³-hybridized carbons (Fsp3) is 0.118. The van der Waals surface area contributed by atoms with Gasteiger partial charge in [-0.15, -0.1) is 0 Å². The van der Waals surface area contributed by atoms with Crippen LogP contribution in [-0.2, 0) is 9.59 Å². The summed E-state index contributed by atoms with van der Waals surface area (Å²) < 4.78 is 5.72. The minimum atomic E-state index is -0.434. The van der Waals surface area contributed by atoms with Gasteiger partial charge in [-0.2, -0.15) is 0 Å². The lowest BCUT2D eigenvalue weighted by molar-refractivity contribution is -0.132. The van der Waals surface area contributed by atoms with Crippen molar-refractivity contribution in [2.75, 3.05) is 14.1 Å². The molecule has 1 aliphatic rings. The Morgan fingerprint density at radius 3 is 2.17 bits per heavy atom. The highest BCUT2D eigenvalue weighted by Gasteiger charge is 2.35. The highest BCUT2D eigenvalue weighted by atomic mass is 32.1. The molecule has 0 saturated carbocycles. The third kappa shape index (κ3) is 2.68. The summed E-state index contributed by atoms with van der Waals surface area (Å²) in [5.41, 5.74) is 0.950. The molecule has 0 bridgehead atoms. The second kappa shape index (κ2) is 5.81. The zero-order valence-corrected chi connectivity index (χ0v) is 13.5. The SMILES string of the molecule is CN1C(=O)C(=Cc2ccc(-c3ccccc3)o2)C(=O)N(C)C1=S. The quantitative estimate of drug-likeness (QED) is 0.483. The Morgan fingerprint density at radius 1 is 0.957 bits per heavy atom. The number of carbonyl (C=O) groups is 2. The smallest absolute Gasteiger partial charge is 0.265 e. The van der Waals surface area contributed by atoms with Gasteiger partial charge in [0.2, 0.25) is 0 Å². The van der Waals surface area contributed by atoms with Gasteiger partial charge in [0.05, 0.1) is 0 Å². The molecular formula is C17H14N2O3S. The lowest BCUT2D eigenvalue weighted by Gasteiger charge is -2.31. The van der Waals surface area contributed by atoms with E-state index in [9.17, 15) is 9.59 Å². The number of furan rings is 1. The van der Waals surface area contributed by atoms with E-state index in [0.717, 1.165) is 5.56 Å². The number of likely N-dealkylation sites (N-methyl/N-ethyl adjacent to an activating group) is 2. The van der Waals surface area contributed by atoms with Gasteiger partial charge in [0.25, 0.3) is 11.8 Å². The van der Waals surface area contributed by atoms with Crippen molar-refractivity contribution in [1.82, 2.24) is 9.80 Å². The fourth-order valence-corrected chi connectivity index (χ4v) is 2.47. The summed E-state index contributed by atoms with van der Waals surface area (Å²) in [6, 6.07) is 13.1. The van der Waals surface area contributed by atoms with Gasteiger partial charge in [-0.3, -0.25) is 19.4 Å². The Hall–Kier alpha value is -2.73. The number of hydrogen-bond donors (Lipinski definition) is 0. The number of rotatable bonds is 2. The van der Waals surface area contributed by atoms with Gasteiger partial charge < -0.3 is 4.42 Å². The van der Waals surface area contributed by atoms with E-state index >= 15 is 0 Å². The van der Waals surface area contributed by atoms with Gasteiger partial charge in [0.15, 0.2) is 5.11 Å². The molecule has 1 aromatic heterocycles. The van der Waals surface area contributed by atoms with Crippen LogP contribution in [0.1, 0.15) is 5.76 Å². The molecule has 2 aromatic rings. The summed E-state index contributed by atoms with van der Waals surface area (Å²) in [5.74, 6) is 0.243. The molecule has 3 rings (SSSR count). The predicted octanol–water partition coefficient (Wildman–Crippen LogP) is 2.55. The van der Waals surface area contributed by atoms with Crippen LogP contribution >= 0.6 is 12.2 Å². The van der Waals surface area contributed by atoms with Crippen LogP contribution in [0.4, 0.5) is 0 Å². The van der Waals surface area contributed by atoms with Crippen LogP contribution in [0, 0.1) is 0 Å². The van der Waals surface area contributed by atoms with Gasteiger partial charge >= 0.3 is 0 Å². The van der Waals surface area contributed by atoms with E-state index in [0.29, 0.717) is 11.5 Å². The first-order chi connectivity index (χ1) is 11.0. The molecule has 1 fully saturated rings. The summed E-state index contributed by atoms with van der Waals surface area (Å²) in [4.78, 5) is 27.0. The Bertz CT molecular complexity index is 797. The van der Waals surface area contributed by atoms with Crippen LogP contribution in [0.5, 0.6) is 0 Å². The van der Waals surface area contributed by atoms with E-state index in [-0.39, 0.29) is 10.7 Å². The van der Waals surface area contributed by atoms with E-state index in [1.54, 1.807) is 26.2 Å². The lowest BCUT2D eigenvalue weighted by Crippen LogP contribution is -2.52. The molecule has 1 aliphatic heterocycles. The molecule has 0 spiro atoms. The Labute approximate surface area is 138 Å². The average Bonchev–Trinajstić information content (AvgIpc) is 3.05. The monoisotopic (exact) mass is 326 g/mol. The zero-order chi connectivity index (χ0) is 16.6. The minimum Gasteiger partial charge on any atom is -0.457 e. The first-order valence-electron chi connectivity index (χ1n) is 6.96. The number of nitrogens with zero attached hydrogens (tertiary/aromatic N) is 2. The topological polar surface area (TPSA) is 53.8 Å². The number of thiocarbonyl (C=S) groups is 1. The lowest BCUT2D eigenvalue weighted by atomic mass is 10.1. The molecule has 6 heteroatoms. The van der Waals surface area contributed by atoms with Crippen molar-refractivity contribution in [2.45, 2.75) is 0 Å². The molecule has 0 N–H and O–H groups in total. The normalized spacial score (nSPS) is 15.4. The van der Waals surface area contributed by atoms with Crippen molar-refractivity contribution < 1.29 is 14.0 Å². The van der Waals surface area contributed by atoms with Crippen LogP contribution in [0.25, 0.3) is 17.4 Å². The Balaban J connectivity index is 1.95.